The smallest absolute Gasteiger partial charge is 0.302 e. The van der Waals surface area contributed by atoms with E-state index in [1.807, 2.05) is 0 Å². The lowest BCUT2D eigenvalue weighted by molar-refractivity contribution is 0.775. The summed E-state index contributed by atoms with van der Waals surface area (Å²) in [6.07, 6.45) is 6.90. The molecule has 0 aliphatic rings. The molecule has 6 nitrogen and oxygen atoms in total. The molecular formula is C10H16N4O2. The molecular weight excluding hydrogens is 208 g/mol. The minimum absolute atomic E-state index is 0.0185. The lowest BCUT2D eigenvalue weighted by atomic mass is 10.9. The molecule has 0 bridgehead atoms. The lowest BCUT2D eigenvalue weighted by Crippen LogP contribution is -2.18. The minimum atomic E-state index is 0.0185. The Bertz CT molecular complexity index is 473. The Morgan fingerprint density at radius 2 is 0.812 bits per heavy atom. The number of aromatic nitrogens is 4. The van der Waals surface area contributed by atoms with Crippen molar-refractivity contribution in [2.45, 2.75) is 0 Å². The summed E-state index contributed by atoms with van der Waals surface area (Å²) in [5, 5.41) is 0. The topological polar surface area (TPSA) is 53.9 Å². The van der Waals surface area contributed by atoms with Gasteiger partial charge in [-0.15, -0.1) is 0 Å². The van der Waals surface area contributed by atoms with Crippen molar-refractivity contribution in [1.82, 2.24) is 18.3 Å². The molecule has 0 saturated carbocycles. The number of aryl methyl sites for hydroxylation is 4. The highest BCUT2D eigenvalue weighted by molar-refractivity contribution is 4.77. The lowest BCUT2D eigenvalue weighted by Gasteiger charge is -1.82. The van der Waals surface area contributed by atoms with Gasteiger partial charge in [0.1, 0.15) is 0 Å². The third-order valence-electron chi connectivity index (χ3n) is 2.23. The van der Waals surface area contributed by atoms with Crippen molar-refractivity contribution >= 4 is 0 Å². The summed E-state index contributed by atoms with van der Waals surface area (Å²) in [5.74, 6) is 0. The molecule has 2 aromatic heterocycles. The van der Waals surface area contributed by atoms with Gasteiger partial charge in [0.15, 0.2) is 0 Å². The maximum absolute atomic E-state index is 10.7. The number of nitrogens with zero attached hydrogens (tertiary/aromatic N) is 4. The number of hydrogen-bond acceptors (Lipinski definition) is 2. The van der Waals surface area contributed by atoms with Gasteiger partial charge >= 0.3 is 11.4 Å². The summed E-state index contributed by atoms with van der Waals surface area (Å²) in [7, 11) is 6.90. The molecule has 88 valence electrons. The highest BCUT2D eigenvalue weighted by Crippen LogP contribution is 1.73. The molecule has 0 amide bonds. The largest absolute Gasteiger partial charge is 0.327 e. The average Bonchev–Trinajstić information content (AvgIpc) is 2.70. The van der Waals surface area contributed by atoms with Crippen LogP contribution in [-0.2, 0) is 28.2 Å². The van der Waals surface area contributed by atoms with Gasteiger partial charge in [0.2, 0.25) is 0 Å². The highest BCUT2D eigenvalue weighted by Gasteiger charge is 1.89. The Balaban J connectivity index is 0.000000160. The van der Waals surface area contributed by atoms with Crippen molar-refractivity contribution in [2.24, 2.45) is 28.2 Å². The van der Waals surface area contributed by atoms with E-state index in [1.165, 1.54) is 18.3 Å². The molecule has 0 spiro atoms. The Morgan fingerprint density at radius 3 is 0.875 bits per heavy atom. The summed E-state index contributed by atoms with van der Waals surface area (Å²) >= 11 is 0. The van der Waals surface area contributed by atoms with Gasteiger partial charge in [-0.25, -0.2) is 9.59 Å². The Hall–Kier alpha value is -1.98. The SMILES string of the molecule is Cn1ccn(C)c1=O.Cn1ccn(C)c1=O. The van der Waals surface area contributed by atoms with E-state index in [0.717, 1.165) is 0 Å². The number of hydrogen-bond donors (Lipinski definition) is 0. The van der Waals surface area contributed by atoms with Crippen LogP contribution in [0.25, 0.3) is 0 Å². The summed E-state index contributed by atoms with van der Waals surface area (Å²) < 4.78 is 6.11. The summed E-state index contributed by atoms with van der Waals surface area (Å²) in [6.45, 7) is 0. The molecule has 2 heterocycles. The Kier molecular flexibility index (Phi) is 3.55. The van der Waals surface area contributed by atoms with Crippen LogP contribution in [0.15, 0.2) is 34.4 Å². The fraction of sp³-hybridized carbons (Fsp3) is 0.400. The van der Waals surface area contributed by atoms with Crippen LogP contribution in [0.4, 0.5) is 0 Å². The second kappa shape index (κ2) is 4.69. The summed E-state index contributed by atoms with van der Waals surface area (Å²) in [4.78, 5) is 21.4. The van der Waals surface area contributed by atoms with Gasteiger partial charge in [0, 0.05) is 53.0 Å². The molecule has 16 heavy (non-hydrogen) atoms. The molecule has 2 aromatic rings. The molecule has 2 rings (SSSR count). The zero-order chi connectivity index (χ0) is 12.3. The van der Waals surface area contributed by atoms with Crippen LogP contribution >= 0.6 is 0 Å². The van der Waals surface area contributed by atoms with E-state index in [9.17, 15) is 9.59 Å². The fourth-order valence-corrected chi connectivity index (χ4v) is 1.15. The van der Waals surface area contributed by atoms with Gasteiger partial charge in [-0.3, -0.25) is 0 Å². The first-order valence-electron chi connectivity index (χ1n) is 4.79. The summed E-state index contributed by atoms with van der Waals surface area (Å²) in [6, 6.07) is 0. The normalized spacial score (nSPS) is 9.75. The van der Waals surface area contributed by atoms with Crippen LogP contribution in [-0.4, -0.2) is 18.3 Å². The van der Waals surface area contributed by atoms with Gasteiger partial charge in [0.25, 0.3) is 0 Å². The second-order valence-electron chi connectivity index (χ2n) is 3.61. The number of rotatable bonds is 0. The first-order chi connectivity index (χ1) is 7.43. The fourth-order valence-electron chi connectivity index (χ4n) is 1.15. The van der Waals surface area contributed by atoms with Crippen LogP contribution in [0.2, 0.25) is 0 Å². The summed E-state index contributed by atoms with van der Waals surface area (Å²) in [5.41, 5.74) is 0.0370. The molecule has 0 aromatic carbocycles. The monoisotopic (exact) mass is 224 g/mol. The molecule has 0 unspecified atom stereocenters. The van der Waals surface area contributed by atoms with Crippen molar-refractivity contribution in [3.63, 3.8) is 0 Å². The maximum atomic E-state index is 10.7. The Labute approximate surface area is 93.0 Å². The van der Waals surface area contributed by atoms with Crippen LogP contribution in [0.1, 0.15) is 0 Å². The third kappa shape index (κ3) is 2.53. The van der Waals surface area contributed by atoms with Gasteiger partial charge in [-0.05, 0) is 0 Å². The van der Waals surface area contributed by atoms with Crippen molar-refractivity contribution < 1.29 is 0 Å². The maximum Gasteiger partial charge on any atom is 0.327 e. The van der Waals surface area contributed by atoms with E-state index >= 15 is 0 Å². The van der Waals surface area contributed by atoms with E-state index in [2.05, 4.69) is 0 Å². The predicted molar refractivity (Wildman–Crippen MR) is 61.3 cm³/mol. The van der Waals surface area contributed by atoms with Crippen molar-refractivity contribution in [3.05, 3.63) is 45.8 Å². The second-order valence-corrected chi connectivity index (χ2v) is 3.61. The average molecular weight is 224 g/mol. The van der Waals surface area contributed by atoms with E-state index in [1.54, 1.807) is 53.0 Å². The molecule has 0 fully saturated rings. The zero-order valence-corrected chi connectivity index (χ0v) is 9.91. The molecule has 0 radical (unpaired) electrons. The standard InChI is InChI=1S/2C5H8N2O/c2*1-6-3-4-7(2)5(6)8/h2*3-4H,1-2H3. The molecule has 0 aliphatic heterocycles. The van der Waals surface area contributed by atoms with Gasteiger partial charge in [-0.2, -0.15) is 0 Å². The quantitative estimate of drug-likeness (QED) is 0.603. The van der Waals surface area contributed by atoms with E-state index in [-0.39, 0.29) is 11.4 Å². The van der Waals surface area contributed by atoms with Gasteiger partial charge in [0.05, 0.1) is 0 Å². The molecule has 0 saturated heterocycles. The first-order valence-corrected chi connectivity index (χ1v) is 4.79. The highest BCUT2D eigenvalue weighted by atomic mass is 16.2. The Morgan fingerprint density at radius 1 is 0.625 bits per heavy atom. The van der Waals surface area contributed by atoms with Gasteiger partial charge in [-0.1, -0.05) is 0 Å². The zero-order valence-electron chi connectivity index (χ0n) is 9.91. The van der Waals surface area contributed by atoms with Crippen molar-refractivity contribution in [2.75, 3.05) is 0 Å². The number of imidazole rings is 2. The van der Waals surface area contributed by atoms with Crippen LogP contribution in [0.5, 0.6) is 0 Å². The first kappa shape index (κ1) is 12.1. The third-order valence-corrected chi connectivity index (χ3v) is 2.23. The van der Waals surface area contributed by atoms with Crippen LogP contribution in [0.3, 0.4) is 0 Å². The minimum Gasteiger partial charge on any atom is -0.302 e. The van der Waals surface area contributed by atoms with E-state index in [0.29, 0.717) is 0 Å². The van der Waals surface area contributed by atoms with E-state index in [4.69, 9.17) is 0 Å². The van der Waals surface area contributed by atoms with Crippen molar-refractivity contribution in [1.29, 1.82) is 0 Å². The molecule has 0 N–H and O–H groups in total. The molecule has 6 heteroatoms. The van der Waals surface area contributed by atoms with Crippen LogP contribution in [0, 0.1) is 0 Å². The van der Waals surface area contributed by atoms with E-state index < -0.39 is 0 Å². The van der Waals surface area contributed by atoms with Crippen molar-refractivity contribution in [3.8, 4) is 0 Å². The van der Waals surface area contributed by atoms with Crippen LogP contribution < -0.4 is 11.4 Å². The molecule has 0 aliphatic carbocycles. The predicted octanol–water partition coefficient (Wildman–Crippen LogP) is -0.552. The van der Waals surface area contributed by atoms with Gasteiger partial charge < -0.3 is 18.3 Å². The molecule has 0 atom stereocenters.